The molecule has 0 aromatic carbocycles. The molecule has 0 bridgehead atoms. The van der Waals surface area contributed by atoms with E-state index >= 15 is 0 Å². The van der Waals surface area contributed by atoms with Gasteiger partial charge >= 0.3 is 5.97 Å². The quantitative estimate of drug-likeness (QED) is 0.907. The van der Waals surface area contributed by atoms with Gasteiger partial charge in [-0.05, 0) is 32.0 Å². The van der Waals surface area contributed by atoms with Crippen molar-refractivity contribution in [3.63, 3.8) is 0 Å². The lowest BCUT2D eigenvalue weighted by molar-refractivity contribution is 0.0698. The Morgan fingerprint density at radius 1 is 1.38 bits per heavy atom. The Kier molecular flexibility index (Phi) is 4.00. The van der Waals surface area contributed by atoms with Gasteiger partial charge in [0.2, 0.25) is 0 Å². The molecule has 2 aromatic rings. The van der Waals surface area contributed by atoms with Crippen LogP contribution in [-0.4, -0.2) is 22.0 Å². The summed E-state index contributed by atoms with van der Waals surface area (Å²) in [6.45, 7) is 3.39. The number of carboxylic acid groups (broad SMARTS) is 1. The number of aromatic nitrogens is 1. The lowest BCUT2D eigenvalue weighted by Gasteiger charge is -2.05. The Labute approximate surface area is 124 Å². The van der Waals surface area contributed by atoms with Crippen LogP contribution in [0.4, 0.5) is 5.00 Å². The van der Waals surface area contributed by atoms with Crippen molar-refractivity contribution >= 4 is 28.2 Å². The molecule has 7 heteroatoms. The van der Waals surface area contributed by atoms with Gasteiger partial charge in [-0.25, -0.2) is 9.78 Å². The number of pyridine rings is 1. The molecule has 0 aliphatic carbocycles. The fourth-order valence-electron chi connectivity index (χ4n) is 1.74. The van der Waals surface area contributed by atoms with Crippen molar-refractivity contribution in [2.45, 2.75) is 13.8 Å². The monoisotopic (exact) mass is 301 g/mol. The third-order valence-corrected chi connectivity index (χ3v) is 3.72. The average Bonchev–Trinajstić information content (AvgIpc) is 2.79. The minimum absolute atomic E-state index is 0.0521. The second-order valence-corrected chi connectivity index (χ2v) is 5.56. The Balaban J connectivity index is 2.28. The van der Waals surface area contributed by atoms with Crippen molar-refractivity contribution in [3.8, 4) is 6.07 Å². The molecule has 2 aromatic heterocycles. The molecule has 0 unspecified atom stereocenters. The number of nitrogens with one attached hydrogen (secondary N) is 1. The summed E-state index contributed by atoms with van der Waals surface area (Å²) in [6, 6.07) is 6.41. The average molecular weight is 301 g/mol. The van der Waals surface area contributed by atoms with Crippen LogP contribution in [0, 0.1) is 25.2 Å². The molecule has 0 saturated heterocycles. The summed E-state index contributed by atoms with van der Waals surface area (Å²) in [7, 11) is 0. The maximum Gasteiger partial charge on any atom is 0.338 e. The summed E-state index contributed by atoms with van der Waals surface area (Å²) in [5, 5.41) is 20.7. The fourth-order valence-corrected chi connectivity index (χ4v) is 2.64. The maximum absolute atomic E-state index is 12.1. The molecule has 21 heavy (non-hydrogen) atoms. The van der Waals surface area contributed by atoms with Crippen LogP contribution in [0.15, 0.2) is 18.2 Å². The zero-order valence-electron chi connectivity index (χ0n) is 11.3. The third-order valence-electron chi connectivity index (χ3n) is 2.75. The Hall–Kier alpha value is -2.72. The number of thiophene rings is 1. The Morgan fingerprint density at radius 2 is 2.10 bits per heavy atom. The van der Waals surface area contributed by atoms with E-state index in [1.54, 1.807) is 13.8 Å². The largest absolute Gasteiger partial charge is 0.478 e. The van der Waals surface area contributed by atoms with E-state index in [-0.39, 0.29) is 16.3 Å². The molecular weight excluding hydrogens is 290 g/mol. The van der Waals surface area contributed by atoms with Crippen LogP contribution >= 0.6 is 11.3 Å². The summed E-state index contributed by atoms with van der Waals surface area (Å²) in [6.07, 6.45) is 0. The molecule has 0 atom stereocenters. The first-order chi connectivity index (χ1) is 9.92. The number of aromatic carboxylic acids is 1. The predicted octanol–water partition coefficient (Wildman–Crippen LogP) is 2.58. The van der Waals surface area contributed by atoms with Crippen molar-refractivity contribution in [1.29, 1.82) is 5.26 Å². The van der Waals surface area contributed by atoms with E-state index in [1.165, 1.54) is 29.5 Å². The molecule has 106 valence electrons. The van der Waals surface area contributed by atoms with E-state index in [1.807, 2.05) is 6.07 Å². The molecule has 1 amide bonds. The first kappa shape index (κ1) is 14.7. The van der Waals surface area contributed by atoms with Crippen LogP contribution in [-0.2, 0) is 0 Å². The number of nitrogens with zero attached hydrogens (tertiary/aromatic N) is 2. The SMILES string of the molecule is Cc1cc(C(=O)O)c(NC(=O)c2ccc(C#N)c(C)n2)s1. The van der Waals surface area contributed by atoms with Gasteiger partial charge in [0, 0.05) is 4.88 Å². The first-order valence-electron chi connectivity index (χ1n) is 5.95. The lowest BCUT2D eigenvalue weighted by Crippen LogP contribution is -2.15. The summed E-state index contributed by atoms with van der Waals surface area (Å²) >= 11 is 1.18. The van der Waals surface area contributed by atoms with Crippen LogP contribution in [0.3, 0.4) is 0 Å². The topological polar surface area (TPSA) is 103 Å². The second kappa shape index (κ2) is 5.73. The highest BCUT2D eigenvalue weighted by atomic mass is 32.1. The van der Waals surface area contributed by atoms with E-state index in [4.69, 9.17) is 10.4 Å². The Morgan fingerprint density at radius 3 is 2.67 bits per heavy atom. The number of amides is 1. The smallest absolute Gasteiger partial charge is 0.338 e. The maximum atomic E-state index is 12.1. The molecule has 0 saturated carbocycles. The minimum Gasteiger partial charge on any atom is -0.478 e. The third kappa shape index (κ3) is 3.07. The van der Waals surface area contributed by atoms with Gasteiger partial charge < -0.3 is 10.4 Å². The summed E-state index contributed by atoms with van der Waals surface area (Å²) in [5.74, 6) is -1.61. The van der Waals surface area contributed by atoms with Crippen LogP contribution in [0.1, 0.15) is 37.0 Å². The summed E-state index contributed by atoms with van der Waals surface area (Å²) in [4.78, 5) is 28.0. The second-order valence-electron chi connectivity index (χ2n) is 4.30. The van der Waals surface area contributed by atoms with Crippen molar-refractivity contribution in [3.05, 3.63) is 45.6 Å². The van der Waals surface area contributed by atoms with Gasteiger partial charge in [0.05, 0.1) is 16.8 Å². The van der Waals surface area contributed by atoms with E-state index in [0.29, 0.717) is 11.3 Å². The Bertz CT molecular complexity index is 774. The highest BCUT2D eigenvalue weighted by Crippen LogP contribution is 2.27. The zero-order chi connectivity index (χ0) is 15.6. The number of aryl methyl sites for hydroxylation is 2. The minimum atomic E-state index is -1.10. The van der Waals surface area contributed by atoms with Crippen molar-refractivity contribution < 1.29 is 14.7 Å². The number of anilines is 1. The number of hydrogen-bond donors (Lipinski definition) is 2. The number of hydrogen-bond acceptors (Lipinski definition) is 5. The number of carbonyl (C=O) groups excluding carboxylic acids is 1. The number of rotatable bonds is 3. The molecule has 2 N–H and O–H groups in total. The van der Waals surface area contributed by atoms with Gasteiger partial charge in [0.25, 0.3) is 5.91 Å². The van der Waals surface area contributed by atoms with Crippen molar-refractivity contribution in [2.75, 3.05) is 5.32 Å². The van der Waals surface area contributed by atoms with Gasteiger partial charge in [-0.1, -0.05) is 0 Å². The van der Waals surface area contributed by atoms with Gasteiger partial charge in [-0.15, -0.1) is 11.3 Å². The molecule has 0 aliphatic heterocycles. The zero-order valence-corrected chi connectivity index (χ0v) is 12.1. The van der Waals surface area contributed by atoms with Crippen LogP contribution in [0.25, 0.3) is 0 Å². The van der Waals surface area contributed by atoms with Crippen LogP contribution in [0.2, 0.25) is 0 Å². The van der Waals surface area contributed by atoms with E-state index in [9.17, 15) is 9.59 Å². The highest BCUT2D eigenvalue weighted by Gasteiger charge is 2.17. The molecule has 2 rings (SSSR count). The highest BCUT2D eigenvalue weighted by molar-refractivity contribution is 7.16. The molecule has 0 fully saturated rings. The van der Waals surface area contributed by atoms with Gasteiger partial charge in [0.1, 0.15) is 16.8 Å². The predicted molar refractivity (Wildman–Crippen MR) is 77.7 cm³/mol. The van der Waals surface area contributed by atoms with Crippen LogP contribution in [0.5, 0.6) is 0 Å². The molecular formula is C14H11N3O3S. The number of carbonyl (C=O) groups is 2. The summed E-state index contributed by atoms with van der Waals surface area (Å²) in [5.41, 5.74) is 1.03. The molecule has 0 spiro atoms. The number of carboxylic acids is 1. The molecule has 0 aliphatic rings. The van der Waals surface area contributed by atoms with Gasteiger partial charge in [0.15, 0.2) is 0 Å². The van der Waals surface area contributed by atoms with Crippen molar-refractivity contribution in [1.82, 2.24) is 4.98 Å². The fraction of sp³-hybridized carbons (Fsp3) is 0.143. The number of nitriles is 1. The van der Waals surface area contributed by atoms with E-state index < -0.39 is 11.9 Å². The molecule has 2 heterocycles. The first-order valence-corrected chi connectivity index (χ1v) is 6.77. The van der Waals surface area contributed by atoms with E-state index in [0.717, 1.165) is 4.88 Å². The van der Waals surface area contributed by atoms with Crippen molar-refractivity contribution in [2.24, 2.45) is 0 Å². The normalized spacial score (nSPS) is 9.95. The lowest BCUT2D eigenvalue weighted by atomic mass is 10.2. The summed E-state index contributed by atoms with van der Waals surface area (Å²) < 4.78 is 0. The van der Waals surface area contributed by atoms with Crippen LogP contribution < -0.4 is 5.32 Å². The standard InChI is InChI=1S/C14H11N3O3S/c1-7-5-10(14(19)20)13(21-7)17-12(18)11-4-3-9(6-15)8(2)16-11/h3-5H,1-2H3,(H,17,18)(H,19,20). The van der Waals surface area contributed by atoms with Gasteiger partial charge in [-0.2, -0.15) is 5.26 Å². The molecule has 0 radical (unpaired) electrons. The molecule has 6 nitrogen and oxygen atoms in total. The van der Waals surface area contributed by atoms with E-state index in [2.05, 4.69) is 10.3 Å². The van der Waals surface area contributed by atoms with Gasteiger partial charge in [-0.3, -0.25) is 4.79 Å².